The molecule has 0 aromatic rings. The summed E-state index contributed by atoms with van der Waals surface area (Å²) < 4.78 is 9.00. The molecule has 0 aliphatic heterocycles. The highest BCUT2D eigenvalue weighted by molar-refractivity contribution is 5.96. The van der Waals surface area contributed by atoms with E-state index in [4.69, 9.17) is 0 Å². The van der Waals surface area contributed by atoms with Gasteiger partial charge in [0, 0.05) is 22.5 Å². The van der Waals surface area contributed by atoms with Gasteiger partial charge in [-0.15, -0.1) is 0 Å². The molecule has 0 bridgehead atoms. The van der Waals surface area contributed by atoms with Crippen molar-refractivity contribution in [1.29, 1.82) is 0 Å². The van der Waals surface area contributed by atoms with Crippen LogP contribution in [0.2, 0.25) is 0 Å². The summed E-state index contributed by atoms with van der Waals surface area (Å²) in [7, 11) is 2.44. The minimum Gasteiger partial charge on any atom is -0.466 e. The molecule has 0 aliphatic rings. The Kier molecular flexibility index (Phi) is 8.15. The summed E-state index contributed by atoms with van der Waals surface area (Å²) >= 11 is 0. The summed E-state index contributed by atoms with van der Waals surface area (Å²) in [5.41, 5.74) is 0.211. The molecule has 0 fully saturated rings. The van der Waals surface area contributed by atoms with Crippen LogP contribution in [0.1, 0.15) is 26.2 Å². The third kappa shape index (κ3) is 7.91. The molecule has 7 nitrogen and oxygen atoms in total. The van der Waals surface area contributed by atoms with E-state index < -0.39 is 11.9 Å². The number of hydrogen-bond donors (Lipinski definition) is 0. The number of methoxy groups -OCH3 is 2. The van der Waals surface area contributed by atoms with Crippen molar-refractivity contribution in [3.63, 3.8) is 0 Å². The van der Waals surface area contributed by atoms with E-state index in [1.807, 2.05) is 0 Å². The first-order valence-electron chi connectivity index (χ1n) is 5.89. The standard InChI is InChI=1S/C12H19NO6/c1-9(8-13(16)17)5-4-6-10(12(15)19-3)7-11(14)18-2/h7,9H,4-6,8H2,1-3H3/b10-7-/t9-/m1/s1. The molecule has 0 aromatic carbocycles. The van der Waals surface area contributed by atoms with E-state index in [0.29, 0.717) is 19.3 Å². The van der Waals surface area contributed by atoms with E-state index in [-0.39, 0.29) is 23.0 Å². The number of ether oxygens (including phenoxy) is 2. The summed E-state index contributed by atoms with van der Waals surface area (Å²) in [5.74, 6) is -1.29. The fourth-order valence-corrected chi connectivity index (χ4v) is 1.55. The van der Waals surface area contributed by atoms with Gasteiger partial charge >= 0.3 is 11.9 Å². The van der Waals surface area contributed by atoms with Gasteiger partial charge in [-0.1, -0.05) is 6.92 Å². The zero-order chi connectivity index (χ0) is 14.8. The normalized spacial score (nSPS) is 12.7. The maximum absolute atomic E-state index is 11.4. The molecule has 0 spiro atoms. The van der Waals surface area contributed by atoms with Crippen LogP contribution in [0.4, 0.5) is 0 Å². The number of nitro groups is 1. The maximum Gasteiger partial charge on any atom is 0.333 e. The molecule has 7 heteroatoms. The second kappa shape index (κ2) is 9.07. The van der Waals surface area contributed by atoms with Crippen LogP contribution in [0.15, 0.2) is 11.6 Å². The summed E-state index contributed by atoms with van der Waals surface area (Å²) in [4.78, 5) is 32.4. The molecule has 0 aliphatic carbocycles. The first-order valence-corrected chi connectivity index (χ1v) is 5.89. The molecule has 0 saturated carbocycles. The lowest BCUT2D eigenvalue weighted by atomic mass is 10.0. The third-order valence-electron chi connectivity index (χ3n) is 2.54. The quantitative estimate of drug-likeness (QED) is 0.286. The summed E-state index contributed by atoms with van der Waals surface area (Å²) in [6, 6.07) is 0. The second-order valence-corrected chi connectivity index (χ2v) is 4.20. The maximum atomic E-state index is 11.4. The Morgan fingerprint density at radius 1 is 1.32 bits per heavy atom. The van der Waals surface area contributed by atoms with Crippen molar-refractivity contribution >= 4 is 11.9 Å². The molecule has 0 rings (SSSR count). The van der Waals surface area contributed by atoms with Crippen LogP contribution in [0.25, 0.3) is 0 Å². The van der Waals surface area contributed by atoms with Gasteiger partial charge in [-0.05, 0) is 19.3 Å². The summed E-state index contributed by atoms with van der Waals surface area (Å²) in [6.45, 7) is 1.67. The molecule has 108 valence electrons. The van der Waals surface area contributed by atoms with Crippen molar-refractivity contribution < 1.29 is 24.0 Å². The highest BCUT2D eigenvalue weighted by Gasteiger charge is 2.14. The molecule has 0 aromatic heterocycles. The van der Waals surface area contributed by atoms with Gasteiger partial charge in [0.2, 0.25) is 6.54 Å². The number of carbonyl (C=O) groups excluding carboxylic acids is 2. The molecule has 0 heterocycles. The minimum absolute atomic E-state index is 0.0768. The summed E-state index contributed by atoms with van der Waals surface area (Å²) in [6.07, 6.45) is 2.57. The van der Waals surface area contributed by atoms with Gasteiger partial charge in [-0.3, -0.25) is 10.1 Å². The topological polar surface area (TPSA) is 95.7 Å². The van der Waals surface area contributed by atoms with Crippen LogP contribution in [-0.2, 0) is 19.1 Å². The number of rotatable bonds is 8. The lowest BCUT2D eigenvalue weighted by Crippen LogP contribution is -2.12. The van der Waals surface area contributed by atoms with Gasteiger partial charge in [-0.25, -0.2) is 9.59 Å². The fraction of sp³-hybridized carbons (Fsp3) is 0.667. The Bertz CT molecular complexity index is 363. The average Bonchev–Trinajstić information content (AvgIpc) is 2.35. The predicted molar refractivity (Wildman–Crippen MR) is 67.0 cm³/mol. The van der Waals surface area contributed by atoms with Gasteiger partial charge in [0.1, 0.15) is 0 Å². The monoisotopic (exact) mass is 273 g/mol. The van der Waals surface area contributed by atoms with Crippen LogP contribution in [0.3, 0.4) is 0 Å². The predicted octanol–water partition coefficient (Wildman–Crippen LogP) is 1.34. The van der Waals surface area contributed by atoms with Gasteiger partial charge in [0.25, 0.3) is 0 Å². The number of esters is 2. The summed E-state index contributed by atoms with van der Waals surface area (Å²) in [5, 5.41) is 10.3. The van der Waals surface area contributed by atoms with Crippen molar-refractivity contribution in [3.8, 4) is 0 Å². The Morgan fingerprint density at radius 2 is 1.95 bits per heavy atom. The molecule has 0 saturated heterocycles. The van der Waals surface area contributed by atoms with Gasteiger partial charge in [-0.2, -0.15) is 0 Å². The highest BCUT2D eigenvalue weighted by atomic mass is 16.6. The van der Waals surface area contributed by atoms with Crippen molar-refractivity contribution in [2.75, 3.05) is 20.8 Å². The SMILES string of the molecule is COC(=O)/C=C(/CCC[C@@H](C)C[N+](=O)[O-])C(=O)OC. The fourth-order valence-electron chi connectivity index (χ4n) is 1.55. The largest absolute Gasteiger partial charge is 0.466 e. The van der Waals surface area contributed by atoms with E-state index in [0.717, 1.165) is 6.08 Å². The number of hydrogen-bond acceptors (Lipinski definition) is 6. The van der Waals surface area contributed by atoms with E-state index >= 15 is 0 Å². The molecule has 19 heavy (non-hydrogen) atoms. The van der Waals surface area contributed by atoms with Crippen LogP contribution in [0, 0.1) is 16.0 Å². The number of carbonyl (C=O) groups is 2. The first kappa shape index (κ1) is 17.1. The molecular weight excluding hydrogens is 254 g/mol. The minimum atomic E-state index is -0.626. The van der Waals surface area contributed by atoms with Crippen molar-refractivity contribution in [1.82, 2.24) is 0 Å². The molecule has 1 atom stereocenters. The lowest BCUT2D eigenvalue weighted by molar-refractivity contribution is -0.487. The Labute approximate surface area is 111 Å². The van der Waals surface area contributed by atoms with Crippen molar-refractivity contribution in [3.05, 3.63) is 21.8 Å². The zero-order valence-electron chi connectivity index (χ0n) is 11.4. The van der Waals surface area contributed by atoms with E-state index in [2.05, 4.69) is 9.47 Å². The Balaban J connectivity index is 4.36. The Hall–Kier alpha value is -1.92. The zero-order valence-corrected chi connectivity index (χ0v) is 11.4. The third-order valence-corrected chi connectivity index (χ3v) is 2.54. The first-order chi connectivity index (χ1) is 8.90. The van der Waals surface area contributed by atoms with Crippen molar-refractivity contribution in [2.24, 2.45) is 5.92 Å². The molecule has 0 unspecified atom stereocenters. The van der Waals surface area contributed by atoms with Crippen LogP contribution < -0.4 is 0 Å². The van der Waals surface area contributed by atoms with E-state index in [9.17, 15) is 19.7 Å². The van der Waals surface area contributed by atoms with Gasteiger partial charge in [0.15, 0.2) is 0 Å². The highest BCUT2D eigenvalue weighted by Crippen LogP contribution is 2.14. The van der Waals surface area contributed by atoms with E-state index in [1.165, 1.54) is 14.2 Å². The lowest BCUT2D eigenvalue weighted by Gasteiger charge is -2.08. The van der Waals surface area contributed by atoms with Crippen molar-refractivity contribution in [2.45, 2.75) is 26.2 Å². The van der Waals surface area contributed by atoms with E-state index in [1.54, 1.807) is 6.92 Å². The van der Waals surface area contributed by atoms with Crippen LogP contribution in [0.5, 0.6) is 0 Å². The number of nitrogens with zero attached hydrogens (tertiary/aromatic N) is 1. The molecular formula is C12H19NO6. The molecule has 0 amide bonds. The van der Waals surface area contributed by atoms with Gasteiger partial charge < -0.3 is 9.47 Å². The molecule has 0 radical (unpaired) electrons. The van der Waals surface area contributed by atoms with Gasteiger partial charge in [0.05, 0.1) is 14.2 Å². The average molecular weight is 273 g/mol. The molecule has 0 N–H and O–H groups in total. The van der Waals surface area contributed by atoms with Crippen LogP contribution in [-0.4, -0.2) is 37.6 Å². The smallest absolute Gasteiger partial charge is 0.333 e. The Morgan fingerprint density at radius 3 is 2.42 bits per heavy atom. The second-order valence-electron chi connectivity index (χ2n) is 4.20. The van der Waals surface area contributed by atoms with Crippen LogP contribution >= 0.6 is 0 Å².